The lowest BCUT2D eigenvalue weighted by molar-refractivity contribution is -0.115. The predicted octanol–water partition coefficient (Wildman–Crippen LogP) is 4.44. The third-order valence-corrected chi connectivity index (χ3v) is 4.77. The van der Waals surface area contributed by atoms with E-state index < -0.39 is 0 Å². The standard InChI is InChI=1S/C20H14N2O2S/c23-17-11-4-2-7-14(17)12-18-19(24)22-20(25-18)21-16-10-5-8-13-6-1-3-9-15(13)16/h1-12,23H,(H,21,22,24)/b18-12-. The van der Waals surface area contributed by atoms with Gasteiger partial charge in [-0.3, -0.25) is 4.79 Å². The molecule has 122 valence electrons. The van der Waals surface area contributed by atoms with Crippen molar-refractivity contribution in [3.63, 3.8) is 0 Å². The zero-order chi connectivity index (χ0) is 17.2. The Labute approximate surface area is 148 Å². The van der Waals surface area contributed by atoms with Gasteiger partial charge >= 0.3 is 0 Å². The highest BCUT2D eigenvalue weighted by molar-refractivity contribution is 8.18. The zero-order valence-corrected chi connectivity index (χ0v) is 14.0. The van der Waals surface area contributed by atoms with Crippen molar-refractivity contribution in [3.05, 3.63) is 77.2 Å². The molecule has 1 aliphatic heterocycles. The van der Waals surface area contributed by atoms with Gasteiger partial charge in [-0.25, -0.2) is 4.99 Å². The molecule has 1 heterocycles. The Balaban J connectivity index is 1.68. The molecular formula is C20H14N2O2S. The second kappa shape index (κ2) is 6.45. The van der Waals surface area contributed by atoms with Crippen LogP contribution in [0.25, 0.3) is 16.8 Å². The van der Waals surface area contributed by atoms with E-state index in [2.05, 4.69) is 10.3 Å². The lowest BCUT2D eigenvalue weighted by atomic mass is 10.1. The molecule has 0 saturated carbocycles. The highest BCUT2D eigenvalue weighted by Gasteiger charge is 2.24. The number of hydrogen-bond acceptors (Lipinski definition) is 4. The summed E-state index contributed by atoms with van der Waals surface area (Å²) in [5, 5.41) is 15.3. The fourth-order valence-corrected chi connectivity index (χ4v) is 3.47. The molecule has 4 nitrogen and oxygen atoms in total. The molecule has 3 aromatic carbocycles. The smallest absolute Gasteiger partial charge is 0.264 e. The first kappa shape index (κ1) is 15.5. The monoisotopic (exact) mass is 346 g/mol. The van der Waals surface area contributed by atoms with Gasteiger partial charge in [0.1, 0.15) is 5.75 Å². The maximum atomic E-state index is 12.2. The Morgan fingerprint density at radius 3 is 2.60 bits per heavy atom. The van der Waals surface area contributed by atoms with Gasteiger partial charge in [0.05, 0.1) is 10.6 Å². The van der Waals surface area contributed by atoms with E-state index >= 15 is 0 Å². The van der Waals surface area contributed by atoms with Crippen molar-refractivity contribution < 1.29 is 9.90 Å². The van der Waals surface area contributed by atoms with Crippen molar-refractivity contribution in [1.82, 2.24) is 5.32 Å². The second-order valence-corrected chi connectivity index (χ2v) is 6.57. The van der Waals surface area contributed by atoms with E-state index in [9.17, 15) is 9.90 Å². The Kier molecular flexibility index (Phi) is 3.99. The van der Waals surface area contributed by atoms with Crippen LogP contribution in [0.3, 0.4) is 0 Å². The number of amides is 1. The fourth-order valence-electron chi connectivity index (χ4n) is 2.65. The van der Waals surface area contributed by atoms with Gasteiger partial charge in [-0.2, -0.15) is 0 Å². The number of para-hydroxylation sites is 1. The Bertz CT molecular complexity index is 1040. The number of aliphatic imine (C=N–C) groups is 1. The van der Waals surface area contributed by atoms with Crippen molar-refractivity contribution >= 4 is 45.4 Å². The first-order valence-electron chi connectivity index (χ1n) is 7.76. The minimum Gasteiger partial charge on any atom is -0.507 e. The number of fused-ring (bicyclic) bond motifs is 1. The number of nitrogens with zero attached hydrogens (tertiary/aromatic N) is 1. The first-order valence-corrected chi connectivity index (χ1v) is 8.58. The van der Waals surface area contributed by atoms with E-state index in [0.717, 1.165) is 16.5 Å². The van der Waals surface area contributed by atoms with Crippen molar-refractivity contribution in [2.24, 2.45) is 4.99 Å². The summed E-state index contributed by atoms with van der Waals surface area (Å²) < 4.78 is 0. The number of aromatic hydroxyl groups is 1. The van der Waals surface area contributed by atoms with Crippen molar-refractivity contribution in [2.75, 3.05) is 0 Å². The Morgan fingerprint density at radius 2 is 1.72 bits per heavy atom. The Morgan fingerprint density at radius 1 is 0.960 bits per heavy atom. The molecule has 0 atom stereocenters. The summed E-state index contributed by atoms with van der Waals surface area (Å²) in [6, 6.07) is 20.8. The molecule has 25 heavy (non-hydrogen) atoms. The molecule has 0 spiro atoms. The first-order chi connectivity index (χ1) is 12.2. The van der Waals surface area contributed by atoms with Gasteiger partial charge in [0.25, 0.3) is 5.91 Å². The van der Waals surface area contributed by atoms with Crippen LogP contribution in [0, 0.1) is 0 Å². The van der Waals surface area contributed by atoms with Crippen LogP contribution in [0.1, 0.15) is 5.56 Å². The van der Waals surface area contributed by atoms with Crippen LogP contribution in [-0.2, 0) is 4.79 Å². The number of rotatable bonds is 2. The molecule has 0 bridgehead atoms. The number of phenols is 1. The van der Waals surface area contributed by atoms with Crippen LogP contribution in [-0.4, -0.2) is 16.2 Å². The summed E-state index contributed by atoms with van der Waals surface area (Å²) in [5.41, 5.74) is 1.41. The number of carbonyl (C=O) groups excluding carboxylic acids is 1. The van der Waals surface area contributed by atoms with Gasteiger partial charge in [0, 0.05) is 10.9 Å². The summed E-state index contributed by atoms with van der Waals surface area (Å²) in [6.45, 7) is 0. The normalized spacial score (nSPS) is 17.4. The molecular weight excluding hydrogens is 332 g/mol. The van der Waals surface area contributed by atoms with Crippen LogP contribution >= 0.6 is 11.8 Å². The van der Waals surface area contributed by atoms with Gasteiger partial charge < -0.3 is 10.4 Å². The summed E-state index contributed by atoms with van der Waals surface area (Å²) in [5.74, 6) is -0.0740. The molecule has 0 aliphatic carbocycles. The zero-order valence-electron chi connectivity index (χ0n) is 13.1. The highest BCUT2D eigenvalue weighted by Crippen LogP contribution is 2.32. The SMILES string of the molecule is O=C1NC(=Nc2cccc3ccccc23)S/C1=C\c1ccccc1O. The number of nitrogens with one attached hydrogen (secondary N) is 1. The molecule has 0 radical (unpaired) electrons. The average molecular weight is 346 g/mol. The maximum Gasteiger partial charge on any atom is 0.264 e. The van der Waals surface area contributed by atoms with E-state index in [1.54, 1.807) is 24.3 Å². The quantitative estimate of drug-likeness (QED) is 0.675. The Hall–Kier alpha value is -3.05. The number of amidine groups is 1. The molecule has 2 N–H and O–H groups in total. The third-order valence-electron chi connectivity index (χ3n) is 3.86. The number of phenolic OH excluding ortho intramolecular Hbond substituents is 1. The van der Waals surface area contributed by atoms with Crippen molar-refractivity contribution in [1.29, 1.82) is 0 Å². The lowest BCUT2D eigenvalue weighted by Gasteiger charge is -2.02. The van der Waals surface area contributed by atoms with Crippen LogP contribution in [0.4, 0.5) is 5.69 Å². The van der Waals surface area contributed by atoms with Gasteiger partial charge in [-0.15, -0.1) is 0 Å². The van der Waals surface area contributed by atoms with Crippen LogP contribution in [0.5, 0.6) is 5.75 Å². The molecule has 1 saturated heterocycles. The topological polar surface area (TPSA) is 61.7 Å². The third kappa shape index (κ3) is 3.14. The number of thioether (sulfide) groups is 1. The predicted molar refractivity (Wildman–Crippen MR) is 103 cm³/mol. The summed E-state index contributed by atoms with van der Waals surface area (Å²) in [4.78, 5) is 17.3. The minimum absolute atomic E-state index is 0.142. The van der Waals surface area contributed by atoms with E-state index in [0.29, 0.717) is 15.6 Å². The van der Waals surface area contributed by atoms with E-state index in [1.165, 1.54) is 11.8 Å². The van der Waals surface area contributed by atoms with Crippen LogP contribution in [0.2, 0.25) is 0 Å². The largest absolute Gasteiger partial charge is 0.507 e. The fraction of sp³-hybridized carbons (Fsp3) is 0. The van der Waals surface area contributed by atoms with E-state index in [1.807, 2.05) is 48.5 Å². The summed E-state index contributed by atoms with van der Waals surface area (Å²) >= 11 is 1.27. The molecule has 1 amide bonds. The van der Waals surface area contributed by atoms with Gasteiger partial charge in [0.2, 0.25) is 0 Å². The molecule has 1 fully saturated rings. The molecule has 4 rings (SSSR count). The molecule has 0 aromatic heterocycles. The molecule has 1 aliphatic rings. The molecule has 3 aromatic rings. The van der Waals surface area contributed by atoms with Gasteiger partial charge in [0.15, 0.2) is 5.17 Å². The maximum absolute atomic E-state index is 12.2. The van der Waals surface area contributed by atoms with Crippen molar-refractivity contribution in [3.8, 4) is 5.75 Å². The number of hydrogen-bond donors (Lipinski definition) is 2. The highest BCUT2D eigenvalue weighted by atomic mass is 32.2. The molecule has 0 unspecified atom stereocenters. The second-order valence-electron chi connectivity index (χ2n) is 5.54. The lowest BCUT2D eigenvalue weighted by Crippen LogP contribution is -2.19. The van der Waals surface area contributed by atoms with Crippen LogP contribution in [0.15, 0.2) is 76.6 Å². The number of carbonyl (C=O) groups is 1. The minimum atomic E-state index is -0.216. The van der Waals surface area contributed by atoms with Crippen LogP contribution < -0.4 is 5.32 Å². The van der Waals surface area contributed by atoms with E-state index in [4.69, 9.17) is 0 Å². The number of benzene rings is 3. The summed E-state index contributed by atoms with van der Waals surface area (Å²) in [6.07, 6.45) is 1.67. The molecule has 5 heteroatoms. The van der Waals surface area contributed by atoms with Crippen molar-refractivity contribution in [2.45, 2.75) is 0 Å². The van der Waals surface area contributed by atoms with Gasteiger partial charge in [-0.1, -0.05) is 54.6 Å². The summed E-state index contributed by atoms with van der Waals surface area (Å²) in [7, 11) is 0. The van der Waals surface area contributed by atoms with E-state index in [-0.39, 0.29) is 11.7 Å². The van der Waals surface area contributed by atoms with Gasteiger partial charge in [-0.05, 0) is 35.4 Å². The average Bonchev–Trinajstić information content (AvgIpc) is 2.96.